The first-order valence-corrected chi connectivity index (χ1v) is 9.46. The van der Waals surface area contributed by atoms with Crippen LogP contribution in [0.2, 0.25) is 0 Å². The van der Waals surface area contributed by atoms with Crippen LogP contribution in [0.1, 0.15) is 20.8 Å². The standard InChI is InChI=1S/C21H19N3O3S/c1-15-4-8-17(9-5-15)22-14-20(25)24-23-13-16-6-10-18(11-7-16)27-21(26)19-3-2-12-28-19/h2-13,22H,14H2,1H3,(H,24,25)/b23-13-. The lowest BCUT2D eigenvalue weighted by Crippen LogP contribution is -2.25. The van der Waals surface area contributed by atoms with Crippen molar-refractivity contribution in [3.63, 3.8) is 0 Å². The lowest BCUT2D eigenvalue weighted by atomic mass is 10.2. The zero-order chi connectivity index (χ0) is 19.8. The second-order valence-corrected chi connectivity index (χ2v) is 6.90. The fourth-order valence-corrected chi connectivity index (χ4v) is 2.84. The highest BCUT2D eigenvalue weighted by molar-refractivity contribution is 7.12. The molecule has 0 bridgehead atoms. The van der Waals surface area contributed by atoms with Crippen LogP contribution >= 0.6 is 11.3 Å². The maximum Gasteiger partial charge on any atom is 0.353 e. The van der Waals surface area contributed by atoms with Crippen molar-refractivity contribution in [2.75, 3.05) is 11.9 Å². The summed E-state index contributed by atoms with van der Waals surface area (Å²) in [6, 6.07) is 18.1. The van der Waals surface area contributed by atoms with Crippen molar-refractivity contribution in [2.45, 2.75) is 6.92 Å². The van der Waals surface area contributed by atoms with E-state index in [-0.39, 0.29) is 18.4 Å². The number of aryl methyl sites for hydroxylation is 1. The van der Waals surface area contributed by atoms with Gasteiger partial charge in [-0.3, -0.25) is 4.79 Å². The van der Waals surface area contributed by atoms with E-state index < -0.39 is 0 Å². The number of anilines is 1. The van der Waals surface area contributed by atoms with Crippen LogP contribution in [0, 0.1) is 6.92 Å². The Labute approximate surface area is 166 Å². The summed E-state index contributed by atoms with van der Waals surface area (Å²) in [4.78, 5) is 24.3. The van der Waals surface area contributed by atoms with Gasteiger partial charge in [0.05, 0.1) is 12.8 Å². The Kier molecular flexibility index (Phi) is 6.54. The predicted octanol–water partition coefficient (Wildman–Crippen LogP) is 3.84. The van der Waals surface area contributed by atoms with Crippen LogP contribution in [0.25, 0.3) is 0 Å². The van der Waals surface area contributed by atoms with Crippen molar-refractivity contribution >= 4 is 35.1 Å². The number of carbonyl (C=O) groups excluding carboxylic acids is 2. The zero-order valence-electron chi connectivity index (χ0n) is 15.2. The minimum atomic E-state index is -0.384. The SMILES string of the molecule is Cc1ccc(NCC(=O)N/N=C\c2ccc(OC(=O)c3cccs3)cc2)cc1. The molecule has 0 saturated carbocycles. The number of nitrogens with zero attached hydrogens (tertiary/aromatic N) is 1. The van der Waals surface area contributed by atoms with E-state index in [1.54, 1.807) is 36.4 Å². The minimum Gasteiger partial charge on any atom is -0.422 e. The summed E-state index contributed by atoms with van der Waals surface area (Å²) in [7, 11) is 0. The van der Waals surface area contributed by atoms with Crippen molar-refractivity contribution in [1.29, 1.82) is 0 Å². The van der Waals surface area contributed by atoms with Crippen LogP contribution in [0.5, 0.6) is 5.75 Å². The summed E-state index contributed by atoms with van der Waals surface area (Å²) < 4.78 is 5.29. The number of esters is 1. The average molecular weight is 393 g/mol. The van der Waals surface area contributed by atoms with Gasteiger partial charge in [0.1, 0.15) is 10.6 Å². The molecule has 1 amide bonds. The first-order valence-electron chi connectivity index (χ1n) is 8.58. The van der Waals surface area contributed by atoms with E-state index in [1.807, 2.05) is 36.6 Å². The summed E-state index contributed by atoms with van der Waals surface area (Å²) in [6.45, 7) is 2.13. The Morgan fingerprint density at radius 3 is 2.50 bits per heavy atom. The molecule has 6 nitrogen and oxygen atoms in total. The normalized spacial score (nSPS) is 10.6. The molecule has 3 aromatic rings. The van der Waals surface area contributed by atoms with Crippen LogP contribution in [-0.4, -0.2) is 24.6 Å². The third-order valence-corrected chi connectivity index (χ3v) is 4.57. The van der Waals surface area contributed by atoms with Gasteiger partial charge >= 0.3 is 5.97 Å². The van der Waals surface area contributed by atoms with Gasteiger partial charge in [-0.05, 0) is 60.3 Å². The molecule has 0 aliphatic heterocycles. The summed E-state index contributed by atoms with van der Waals surface area (Å²) >= 11 is 1.33. The Balaban J connectivity index is 1.44. The molecule has 0 fully saturated rings. The van der Waals surface area contributed by atoms with Gasteiger partial charge in [-0.25, -0.2) is 10.2 Å². The van der Waals surface area contributed by atoms with E-state index in [2.05, 4.69) is 15.8 Å². The second kappa shape index (κ2) is 9.48. The Hall–Kier alpha value is -3.45. The van der Waals surface area contributed by atoms with E-state index in [9.17, 15) is 9.59 Å². The van der Waals surface area contributed by atoms with Crippen LogP contribution in [0.3, 0.4) is 0 Å². The molecular formula is C21H19N3O3S. The number of carbonyl (C=O) groups is 2. The topological polar surface area (TPSA) is 79.8 Å². The van der Waals surface area contributed by atoms with E-state index in [1.165, 1.54) is 17.6 Å². The van der Waals surface area contributed by atoms with Crippen LogP contribution in [0.15, 0.2) is 71.1 Å². The van der Waals surface area contributed by atoms with Crippen molar-refractivity contribution in [2.24, 2.45) is 5.10 Å². The highest BCUT2D eigenvalue weighted by Gasteiger charge is 2.08. The molecule has 1 heterocycles. The van der Waals surface area contributed by atoms with Gasteiger partial charge < -0.3 is 10.1 Å². The molecule has 142 valence electrons. The molecule has 7 heteroatoms. The van der Waals surface area contributed by atoms with Gasteiger partial charge in [0.15, 0.2) is 0 Å². The van der Waals surface area contributed by atoms with Gasteiger partial charge in [0.2, 0.25) is 0 Å². The number of ether oxygens (including phenoxy) is 1. The molecule has 2 N–H and O–H groups in total. The first-order chi connectivity index (χ1) is 13.6. The highest BCUT2D eigenvalue weighted by atomic mass is 32.1. The van der Waals surface area contributed by atoms with Crippen LogP contribution in [0.4, 0.5) is 5.69 Å². The molecule has 0 saturated heterocycles. The van der Waals surface area contributed by atoms with Crippen LogP contribution in [-0.2, 0) is 4.79 Å². The summed E-state index contributed by atoms with van der Waals surface area (Å²) in [5.74, 6) is -0.190. The van der Waals surface area contributed by atoms with E-state index in [0.717, 1.165) is 16.8 Å². The number of benzene rings is 2. The average Bonchev–Trinajstić information content (AvgIpc) is 3.24. The summed E-state index contributed by atoms with van der Waals surface area (Å²) in [6.07, 6.45) is 1.52. The maximum atomic E-state index is 11.9. The molecular weight excluding hydrogens is 374 g/mol. The number of hydrogen-bond donors (Lipinski definition) is 2. The smallest absolute Gasteiger partial charge is 0.353 e. The second-order valence-electron chi connectivity index (χ2n) is 5.95. The van der Waals surface area contributed by atoms with Gasteiger partial charge in [-0.1, -0.05) is 23.8 Å². The molecule has 0 spiro atoms. The molecule has 28 heavy (non-hydrogen) atoms. The molecule has 3 rings (SSSR count). The van der Waals surface area contributed by atoms with Crippen molar-refractivity contribution in [3.8, 4) is 5.75 Å². The number of hydrazone groups is 1. The van der Waals surface area contributed by atoms with Gasteiger partial charge in [0.25, 0.3) is 5.91 Å². The Morgan fingerprint density at radius 2 is 1.82 bits per heavy atom. The third kappa shape index (κ3) is 5.78. The number of amides is 1. The molecule has 0 atom stereocenters. The quantitative estimate of drug-likeness (QED) is 0.277. The molecule has 0 aliphatic rings. The zero-order valence-corrected chi connectivity index (χ0v) is 16.0. The lowest BCUT2D eigenvalue weighted by Gasteiger charge is -2.05. The van der Waals surface area contributed by atoms with Gasteiger partial charge in [0, 0.05) is 5.69 Å². The van der Waals surface area contributed by atoms with Gasteiger partial charge in [-0.15, -0.1) is 11.3 Å². The fourth-order valence-electron chi connectivity index (χ4n) is 2.25. The van der Waals surface area contributed by atoms with E-state index in [4.69, 9.17) is 4.74 Å². The maximum absolute atomic E-state index is 11.9. The van der Waals surface area contributed by atoms with Crippen molar-refractivity contribution < 1.29 is 14.3 Å². The lowest BCUT2D eigenvalue weighted by molar-refractivity contribution is -0.119. The van der Waals surface area contributed by atoms with Crippen LogP contribution < -0.4 is 15.5 Å². The van der Waals surface area contributed by atoms with Gasteiger partial charge in [-0.2, -0.15) is 5.10 Å². The number of rotatable bonds is 7. The Morgan fingerprint density at radius 1 is 1.07 bits per heavy atom. The molecule has 0 radical (unpaired) electrons. The Bertz CT molecular complexity index is 950. The molecule has 0 aliphatic carbocycles. The predicted molar refractivity (Wildman–Crippen MR) is 111 cm³/mol. The number of thiophene rings is 1. The third-order valence-electron chi connectivity index (χ3n) is 3.72. The summed E-state index contributed by atoms with van der Waals surface area (Å²) in [5, 5.41) is 8.77. The first kappa shape index (κ1) is 19.3. The summed E-state index contributed by atoms with van der Waals surface area (Å²) in [5.41, 5.74) is 5.26. The van der Waals surface area contributed by atoms with Crippen molar-refractivity contribution in [3.05, 3.63) is 82.0 Å². The molecule has 1 aromatic heterocycles. The number of nitrogens with one attached hydrogen (secondary N) is 2. The van der Waals surface area contributed by atoms with E-state index in [0.29, 0.717) is 10.6 Å². The minimum absolute atomic E-state index is 0.123. The largest absolute Gasteiger partial charge is 0.422 e. The number of hydrogen-bond acceptors (Lipinski definition) is 6. The fraction of sp³-hybridized carbons (Fsp3) is 0.0952. The monoisotopic (exact) mass is 393 g/mol. The molecule has 0 unspecified atom stereocenters. The van der Waals surface area contributed by atoms with E-state index >= 15 is 0 Å². The highest BCUT2D eigenvalue weighted by Crippen LogP contribution is 2.16. The molecule has 2 aromatic carbocycles. The van der Waals surface area contributed by atoms with Crippen molar-refractivity contribution in [1.82, 2.24) is 5.43 Å².